The molecule has 2 aromatic rings. The quantitative estimate of drug-likeness (QED) is 0.577. The van der Waals surface area contributed by atoms with Crippen LogP contribution in [0.15, 0.2) is 42.5 Å². The Labute approximate surface area is 141 Å². The fraction of sp³-hybridized carbons (Fsp3) is 0.294. The van der Waals surface area contributed by atoms with E-state index in [9.17, 15) is 4.79 Å². The standard InChI is InChI=1S/C17H21N3O2S/c1-12(11-22-2)18-17(23)20-19-16(21)10-13-7-8-14-5-3-4-6-15(14)9-13/h3-9,12H,10-11H2,1-2H3,(H,19,21)(H2,18,20,23)/t12-/m0/s1. The average Bonchev–Trinajstić information content (AvgIpc) is 2.53. The molecule has 0 saturated heterocycles. The van der Waals surface area contributed by atoms with E-state index >= 15 is 0 Å². The minimum absolute atomic E-state index is 0.0670. The third-order valence-electron chi connectivity index (χ3n) is 3.29. The molecule has 122 valence electrons. The number of hydrazine groups is 1. The van der Waals surface area contributed by atoms with Gasteiger partial charge in [0.05, 0.1) is 13.0 Å². The van der Waals surface area contributed by atoms with Crippen molar-refractivity contribution in [2.75, 3.05) is 13.7 Å². The van der Waals surface area contributed by atoms with E-state index in [4.69, 9.17) is 17.0 Å². The maximum absolute atomic E-state index is 12.0. The molecule has 0 heterocycles. The van der Waals surface area contributed by atoms with E-state index in [1.807, 2.05) is 49.4 Å². The number of carbonyl (C=O) groups is 1. The lowest BCUT2D eigenvalue weighted by Gasteiger charge is -2.16. The number of amides is 1. The van der Waals surface area contributed by atoms with Crippen molar-refractivity contribution in [2.24, 2.45) is 0 Å². The van der Waals surface area contributed by atoms with Crippen molar-refractivity contribution in [3.63, 3.8) is 0 Å². The van der Waals surface area contributed by atoms with Crippen LogP contribution in [0.2, 0.25) is 0 Å². The summed E-state index contributed by atoms with van der Waals surface area (Å²) in [5, 5.41) is 5.65. The van der Waals surface area contributed by atoms with Crippen LogP contribution in [0, 0.1) is 0 Å². The molecule has 0 spiro atoms. The van der Waals surface area contributed by atoms with E-state index in [1.54, 1.807) is 7.11 Å². The summed E-state index contributed by atoms with van der Waals surface area (Å²) in [5.41, 5.74) is 6.24. The van der Waals surface area contributed by atoms with Crippen molar-refractivity contribution < 1.29 is 9.53 Å². The van der Waals surface area contributed by atoms with Gasteiger partial charge in [-0.25, -0.2) is 0 Å². The van der Waals surface area contributed by atoms with Crippen molar-refractivity contribution >= 4 is 34.0 Å². The highest BCUT2D eigenvalue weighted by molar-refractivity contribution is 7.80. The van der Waals surface area contributed by atoms with E-state index < -0.39 is 0 Å². The number of nitrogens with one attached hydrogen (secondary N) is 3. The Morgan fingerprint density at radius 2 is 1.91 bits per heavy atom. The first-order valence-electron chi connectivity index (χ1n) is 7.40. The van der Waals surface area contributed by atoms with Crippen LogP contribution in [0.5, 0.6) is 0 Å². The smallest absolute Gasteiger partial charge is 0.242 e. The summed E-state index contributed by atoms with van der Waals surface area (Å²) in [6, 6.07) is 14.1. The number of methoxy groups -OCH3 is 1. The zero-order valence-electron chi connectivity index (χ0n) is 13.3. The molecule has 3 N–H and O–H groups in total. The summed E-state index contributed by atoms with van der Waals surface area (Å²) < 4.78 is 5.01. The van der Waals surface area contributed by atoms with E-state index in [-0.39, 0.29) is 18.4 Å². The molecule has 0 saturated carbocycles. The van der Waals surface area contributed by atoms with Crippen molar-refractivity contribution in [2.45, 2.75) is 19.4 Å². The minimum Gasteiger partial charge on any atom is -0.383 e. The molecular weight excluding hydrogens is 310 g/mol. The van der Waals surface area contributed by atoms with Gasteiger partial charge in [-0.15, -0.1) is 0 Å². The molecule has 0 radical (unpaired) electrons. The molecule has 2 aromatic carbocycles. The van der Waals surface area contributed by atoms with Crippen molar-refractivity contribution in [3.8, 4) is 0 Å². The number of hydrogen-bond donors (Lipinski definition) is 3. The van der Waals surface area contributed by atoms with Gasteiger partial charge in [0.2, 0.25) is 5.91 Å². The Bertz CT molecular complexity index is 690. The van der Waals surface area contributed by atoms with Crippen LogP contribution in [0.1, 0.15) is 12.5 Å². The number of rotatable bonds is 5. The number of ether oxygens (including phenoxy) is 1. The number of hydrogen-bond acceptors (Lipinski definition) is 3. The van der Waals surface area contributed by atoms with Gasteiger partial charge in [-0.2, -0.15) is 0 Å². The minimum atomic E-state index is -0.149. The summed E-state index contributed by atoms with van der Waals surface area (Å²) in [4.78, 5) is 12.0. The first-order valence-corrected chi connectivity index (χ1v) is 7.81. The van der Waals surface area contributed by atoms with Crippen LogP contribution in [0.3, 0.4) is 0 Å². The van der Waals surface area contributed by atoms with Crippen LogP contribution in [0.25, 0.3) is 10.8 Å². The lowest BCUT2D eigenvalue weighted by molar-refractivity contribution is -0.121. The molecule has 0 aliphatic rings. The molecule has 23 heavy (non-hydrogen) atoms. The second-order valence-electron chi connectivity index (χ2n) is 5.36. The van der Waals surface area contributed by atoms with Crippen molar-refractivity contribution in [1.29, 1.82) is 0 Å². The highest BCUT2D eigenvalue weighted by Gasteiger charge is 2.06. The average molecular weight is 331 g/mol. The van der Waals surface area contributed by atoms with E-state index in [1.165, 1.54) is 0 Å². The fourth-order valence-electron chi connectivity index (χ4n) is 2.26. The fourth-order valence-corrected chi connectivity index (χ4v) is 2.51. The number of thiocarbonyl (C=S) groups is 1. The number of fused-ring (bicyclic) bond motifs is 1. The highest BCUT2D eigenvalue weighted by Crippen LogP contribution is 2.15. The van der Waals surface area contributed by atoms with Crippen LogP contribution in [-0.2, 0) is 16.0 Å². The molecule has 5 nitrogen and oxygen atoms in total. The summed E-state index contributed by atoms with van der Waals surface area (Å²) >= 11 is 5.10. The van der Waals surface area contributed by atoms with Gasteiger partial charge in [0.1, 0.15) is 0 Å². The Kier molecular flexibility index (Phi) is 6.31. The molecular formula is C17H21N3O2S. The van der Waals surface area contributed by atoms with E-state index in [0.29, 0.717) is 11.7 Å². The molecule has 0 bridgehead atoms. The Morgan fingerprint density at radius 3 is 2.65 bits per heavy atom. The topological polar surface area (TPSA) is 62.4 Å². The Balaban J connectivity index is 1.83. The zero-order chi connectivity index (χ0) is 16.7. The highest BCUT2D eigenvalue weighted by atomic mass is 32.1. The van der Waals surface area contributed by atoms with Gasteiger partial charge < -0.3 is 10.1 Å². The predicted molar refractivity (Wildman–Crippen MR) is 96.0 cm³/mol. The van der Waals surface area contributed by atoms with Crippen LogP contribution in [-0.4, -0.2) is 30.8 Å². The van der Waals surface area contributed by atoms with Gasteiger partial charge in [-0.3, -0.25) is 15.6 Å². The summed E-state index contributed by atoms with van der Waals surface area (Å²) in [5.74, 6) is -0.149. The summed E-state index contributed by atoms with van der Waals surface area (Å²) in [6.07, 6.45) is 0.286. The largest absolute Gasteiger partial charge is 0.383 e. The molecule has 0 aliphatic heterocycles. The van der Waals surface area contributed by atoms with Gasteiger partial charge in [0, 0.05) is 13.2 Å². The molecule has 0 unspecified atom stereocenters. The third kappa shape index (κ3) is 5.50. The van der Waals surface area contributed by atoms with Crippen LogP contribution in [0.4, 0.5) is 0 Å². The van der Waals surface area contributed by atoms with Crippen LogP contribution < -0.4 is 16.2 Å². The lowest BCUT2D eigenvalue weighted by Crippen LogP contribution is -2.50. The lowest BCUT2D eigenvalue weighted by atomic mass is 10.1. The molecule has 0 aliphatic carbocycles. The summed E-state index contributed by atoms with van der Waals surface area (Å²) in [6.45, 7) is 2.47. The first-order chi connectivity index (χ1) is 11.1. The maximum atomic E-state index is 12.0. The van der Waals surface area contributed by atoms with Crippen LogP contribution >= 0.6 is 12.2 Å². The normalized spacial score (nSPS) is 11.7. The molecule has 0 aromatic heterocycles. The molecule has 1 amide bonds. The monoisotopic (exact) mass is 331 g/mol. The van der Waals surface area contributed by atoms with Gasteiger partial charge in [0.25, 0.3) is 0 Å². The Hall–Kier alpha value is -2.18. The molecule has 6 heteroatoms. The zero-order valence-corrected chi connectivity index (χ0v) is 14.1. The third-order valence-corrected chi connectivity index (χ3v) is 3.51. The Morgan fingerprint density at radius 1 is 1.17 bits per heavy atom. The number of carbonyl (C=O) groups excluding carboxylic acids is 1. The molecule has 0 fully saturated rings. The van der Waals surface area contributed by atoms with E-state index in [0.717, 1.165) is 16.3 Å². The summed E-state index contributed by atoms with van der Waals surface area (Å²) in [7, 11) is 1.62. The first kappa shape index (κ1) is 17.2. The second-order valence-corrected chi connectivity index (χ2v) is 5.77. The van der Waals surface area contributed by atoms with Gasteiger partial charge in [0.15, 0.2) is 5.11 Å². The second kappa shape index (κ2) is 8.45. The van der Waals surface area contributed by atoms with E-state index in [2.05, 4.69) is 16.2 Å². The van der Waals surface area contributed by atoms with Crippen molar-refractivity contribution in [1.82, 2.24) is 16.2 Å². The van der Waals surface area contributed by atoms with Crippen molar-refractivity contribution in [3.05, 3.63) is 48.0 Å². The number of benzene rings is 2. The van der Waals surface area contributed by atoms with Gasteiger partial charge >= 0.3 is 0 Å². The SMILES string of the molecule is COC[C@H](C)NC(=S)NNC(=O)Cc1ccc2ccccc2c1. The predicted octanol–water partition coefficient (Wildman–Crippen LogP) is 1.91. The van der Waals surface area contributed by atoms with Gasteiger partial charge in [-0.05, 0) is 35.5 Å². The van der Waals surface area contributed by atoms with Gasteiger partial charge in [-0.1, -0.05) is 42.5 Å². The molecule has 2 rings (SSSR count). The maximum Gasteiger partial charge on any atom is 0.242 e. The molecule has 1 atom stereocenters.